The van der Waals surface area contributed by atoms with Gasteiger partial charge in [-0.05, 0) is 44.4 Å². The van der Waals surface area contributed by atoms with Crippen molar-refractivity contribution in [2.75, 3.05) is 11.9 Å². The lowest BCUT2D eigenvalue weighted by atomic mass is 9.85. The van der Waals surface area contributed by atoms with Gasteiger partial charge in [0, 0.05) is 7.05 Å². The van der Waals surface area contributed by atoms with Crippen molar-refractivity contribution in [2.24, 2.45) is 0 Å². The van der Waals surface area contributed by atoms with Gasteiger partial charge in [0.25, 0.3) is 0 Å². The van der Waals surface area contributed by atoms with Gasteiger partial charge in [0.2, 0.25) is 5.91 Å². The standard InChI is InChI=1S/C13H17NO/c1-8-6-7-10-11(9(8)2)14(5)12(15)13(10,3)4/h6-7H,1-5H3. The van der Waals surface area contributed by atoms with Crippen LogP contribution in [0.15, 0.2) is 12.1 Å². The summed E-state index contributed by atoms with van der Waals surface area (Å²) in [5, 5.41) is 0. The van der Waals surface area contributed by atoms with Crippen LogP contribution in [-0.4, -0.2) is 13.0 Å². The largest absolute Gasteiger partial charge is 0.314 e. The smallest absolute Gasteiger partial charge is 0.236 e. The number of amides is 1. The highest BCUT2D eigenvalue weighted by atomic mass is 16.2. The third-order valence-corrected chi connectivity index (χ3v) is 3.55. The van der Waals surface area contributed by atoms with Crippen molar-refractivity contribution < 1.29 is 4.79 Å². The average Bonchev–Trinajstić information content (AvgIpc) is 2.34. The number of carbonyl (C=O) groups is 1. The van der Waals surface area contributed by atoms with Crippen LogP contribution in [0.5, 0.6) is 0 Å². The molecule has 1 aliphatic heterocycles. The van der Waals surface area contributed by atoms with Crippen molar-refractivity contribution in [1.29, 1.82) is 0 Å². The molecule has 0 atom stereocenters. The second-order valence-corrected chi connectivity index (χ2v) is 4.89. The van der Waals surface area contributed by atoms with Gasteiger partial charge < -0.3 is 4.90 Å². The molecule has 0 aromatic heterocycles. The van der Waals surface area contributed by atoms with Gasteiger partial charge >= 0.3 is 0 Å². The minimum absolute atomic E-state index is 0.186. The third-order valence-electron chi connectivity index (χ3n) is 3.55. The summed E-state index contributed by atoms with van der Waals surface area (Å²) in [6.45, 7) is 8.15. The summed E-state index contributed by atoms with van der Waals surface area (Å²) in [5.41, 5.74) is 4.34. The summed E-state index contributed by atoms with van der Waals surface area (Å²) in [4.78, 5) is 13.9. The Morgan fingerprint density at radius 2 is 1.80 bits per heavy atom. The molecule has 15 heavy (non-hydrogen) atoms. The second kappa shape index (κ2) is 2.84. The van der Waals surface area contributed by atoms with Gasteiger partial charge in [-0.2, -0.15) is 0 Å². The minimum atomic E-state index is -0.372. The summed E-state index contributed by atoms with van der Waals surface area (Å²) in [6, 6.07) is 4.18. The number of rotatable bonds is 0. The molecule has 1 aromatic rings. The fourth-order valence-electron chi connectivity index (χ4n) is 2.37. The van der Waals surface area contributed by atoms with E-state index in [9.17, 15) is 4.79 Å². The molecule has 0 bridgehead atoms. The monoisotopic (exact) mass is 203 g/mol. The predicted molar refractivity (Wildman–Crippen MR) is 62.4 cm³/mol. The first-order valence-corrected chi connectivity index (χ1v) is 5.26. The highest BCUT2D eigenvalue weighted by Gasteiger charge is 2.42. The number of likely N-dealkylation sites (N-methyl/N-ethyl adjacent to an activating group) is 1. The van der Waals surface area contributed by atoms with Crippen LogP contribution in [0.2, 0.25) is 0 Å². The maximum atomic E-state index is 12.1. The van der Waals surface area contributed by atoms with Gasteiger partial charge in [0.05, 0.1) is 11.1 Å². The van der Waals surface area contributed by atoms with E-state index in [1.54, 1.807) is 4.90 Å². The SMILES string of the molecule is Cc1ccc2c(c1C)N(C)C(=O)C2(C)C. The Balaban J connectivity index is 2.77. The van der Waals surface area contributed by atoms with Gasteiger partial charge in [-0.3, -0.25) is 4.79 Å². The van der Waals surface area contributed by atoms with Crippen molar-refractivity contribution in [3.05, 3.63) is 28.8 Å². The summed E-state index contributed by atoms with van der Waals surface area (Å²) < 4.78 is 0. The van der Waals surface area contributed by atoms with Crippen molar-refractivity contribution in [3.63, 3.8) is 0 Å². The number of hydrogen-bond acceptors (Lipinski definition) is 1. The topological polar surface area (TPSA) is 20.3 Å². The van der Waals surface area contributed by atoms with Crippen LogP contribution >= 0.6 is 0 Å². The van der Waals surface area contributed by atoms with Gasteiger partial charge in [-0.15, -0.1) is 0 Å². The molecule has 0 radical (unpaired) electrons. The Bertz CT molecular complexity index is 446. The maximum absolute atomic E-state index is 12.1. The van der Waals surface area contributed by atoms with Crippen LogP contribution in [0.3, 0.4) is 0 Å². The molecule has 2 nitrogen and oxygen atoms in total. The lowest BCUT2D eigenvalue weighted by molar-refractivity contribution is -0.121. The molecule has 2 heteroatoms. The number of fused-ring (bicyclic) bond motifs is 1. The Hall–Kier alpha value is -1.31. The molecule has 2 rings (SSSR count). The number of nitrogens with zero attached hydrogens (tertiary/aromatic N) is 1. The van der Waals surface area contributed by atoms with E-state index in [-0.39, 0.29) is 11.3 Å². The van der Waals surface area contributed by atoms with E-state index in [2.05, 4.69) is 26.0 Å². The van der Waals surface area contributed by atoms with Gasteiger partial charge in [-0.1, -0.05) is 12.1 Å². The Morgan fingerprint density at radius 3 is 2.40 bits per heavy atom. The zero-order valence-corrected chi connectivity index (χ0v) is 10.0. The molecule has 0 saturated heterocycles. The van der Waals surface area contributed by atoms with Crippen LogP contribution in [0.1, 0.15) is 30.5 Å². The number of hydrogen-bond donors (Lipinski definition) is 0. The number of carbonyl (C=O) groups excluding carboxylic acids is 1. The molecule has 1 aliphatic rings. The lowest BCUT2D eigenvalue weighted by Crippen LogP contribution is -2.33. The molecule has 1 aromatic carbocycles. The van der Waals surface area contributed by atoms with Crippen LogP contribution in [0.4, 0.5) is 5.69 Å². The summed E-state index contributed by atoms with van der Waals surface area (Å²) in [7, 11) is 1.86. The van der Waals surface area contributed by atoms with E-state index < -0.39 is 0 Å². The van der Waals surface area contributed by atoms with Crippen LogP contribution in [-0.2, 0) is 10.2 Å². The predicted octanol–water partition coefficient (Wildman–Crippen LogP) is 2.56. The molecule has 0 unspecified atom stereocenters. The molecular weight excluding hydrogens is 186 g/mol. The number of benzene rings is 1. The number of anilines is 1. The second-order valence-electron chi connectivity index (χ2n) is 4.89. The molecule has 80 valence electrons. The van der Waals surface area contributed by atoms with E-state index in [1.807, 2.05) is 20.9 Å². The first kappa shape index (κ1) is 10.2. The van der Waals surface area contributed by atoms with Gasteiger partial charge in [-0.25, -0.2) is 0 Å². The lowest BCUT2D eigenvalue weighted by Gasteiger charge is -2.16. The third kappa shape index (κ3) is 1.14. The Labute approximate surface area is 90.9 Å². The van der Waals surface area contributed by atoms with Crippen molar-refractivity contribution in [3.8, 4) is 0 Å². The van der Waals surface area contributed by atoms with Crippen LogP contribution in [0.25, 0.3) is 0 Å². The molecule has 0 aliphatic carbocycles. The molecule has 1 heterocycles. The van der Waals surface area contributed by atoms with Crippen molar-refractivity contribution in [2.45, 2.75) is 33.1 Å². The Morgan fingerprint density at radius 1 is 1.20 bits per heavy atom. The van der Waals surface area contributed by atoms with Crippen molar-refractivity contribution in [1.82, 2.24) is 0 Å². The zero-order valence-electron chi connectivity index (χ0n) is 10.0. The Kier molecular flexibility index (Phi) is 1.94. The van der Waals surface area contributed by atoms with E-state index in [1.165, 1.54) is 11.1 Å². The van der Waals surface area contributed by atoms with Crippen LogP contribution in [0, 0.1) is 13.8 Å². The first-order valence-electron chi connectivity index (χ1n) is 5.26. The van der Waals surface area contributed by atoms with Crippen LogP contribution < -0.4 is 4.90 Å². The average molecular weight is 203 g/mol. The highest BCUT2D eigenvalue weighted by Crippen LogP contribution is 2.43. The zero-order chi connectivity index (χ0) is 11.4. The molecule has 0 saturated carbocycles. The van der Waals surface area contributed by atoms with E-state index in [0.29, 0.717) is 0 Å². The highest BCUT2D eigenvalue weighted by molar-refractivity contribution is 6.08. The fraction of sp³-hybridized carbons (Fsp3) is 0.462. The molecule has 0 fully saturated rings. The summed E-state index contributed by atoms with van der Waals surface area (Å²) in [5.74, 6) is 0.186. The van der Waals surface area contributed by atoms with Gasteiger partial charge in [0.1, 0.15) is 0 Å². The van der Waals surface area contributed by atoms with E-state index >= 15 is 0 Å². The van der Waals surface area contributed by atoms with E-state index in [0.717, 1.165) is 11.3 Å². The molecule has 1 amide bonds. The molecule has 0 spiro atoms. The maximum Gasteiger partial charge on any atom is 0.236 e. The quantitative estimate of drug-likeness (QED) is 0.634. The first-order chi connectivity index (χ1) is 6.87. The van der Waals surface area contributed by atoms with E-state index in [4.69, 9.17) is 0 Å². The fourth-order valence-corrected chi connectivity index (χ4v) is 2.37. The molecular formula is C13H17NO. The summed E-state index contributed by atoms with van der Waals surface area (Å²) >= 11 is 0. The molecule has 0 N–H and O–H groups in total. The summed E-state index contributed by atoms with van der Waals surface area (Å²) in [6.07, 6.45) is 0. The minimum Gasteiger partial charge on any atom is -0.314 e. The van der Waals surface area contributed by atoms with Crippen molar-refractivity contribution >= 4 is 11.6 Å². The van der Waals surface area contributed by atoms with Gasteiger partial charge in [0.15, 0.2) is 0 Å². The number of aryl methyl sites for hydroxylation is 1. The normalized spacial score (nSPS) is 18.2.